The van der Waals surface area contributed by atoms with Crippen LogP contribution in [0.5, 0.6) is 0 Å². The van der Waals surface area contributed by atoms with Crippen molar-refractivity contribution >= 4 is 34.5 Å². The van der Waals surface area contributed by atoms with Crippen molar-refractivity contribution in [1.29, 1.82) is 0 Å². The van der Waals surface area contributed by atoms with E-state index in [4.69, 9.17) is 0 Å². The summed E-state index contributed by atoms with van der Waals surface area (Å²) in [5.41, 5.74) is 3.28. The second-order valence-electron chi connectivity index (χ2n) is 12.6. The first-order chi connectivity index (χ1) is 19.4. The quantitative estimate of drug-likeness (QED) is 0.313. The lowest BCUT2D eigenvalue weighted by molar-refractivity contribution is -0.135. The highest BCUT2D eigenvalue weighted by molar-refractivity contribution is 7.98. The topological polar surface area (TPSA) is 93.1 Å². The van der Waals surface area contributed by atoms with Crippen LogP contribution in [0.25, 0.3) is 10.9 Å². The Morgan fingerprint density at radius 3 is 2.33 bits per heavy atom. The number of amides is 2. The van der Waals surface area contributed by atoms with Gasteiger partial charge in [0.2, 0.25) is 11.8 Å². The molecule has 3 aromatic rings. The maximum absolute atomic E-state index is 13.7. The summed E-state index contributed by atoms with van der Waals surface area (Å²) in [6.45, 7) is 2.66. The van der Waals surface area contributed by atoms with E-state index in [1.54, 1.807) is 18.7 Å². The van der Waals surface area contributed by atoms with Crippen LogP contribution in [0.15, 0.2) is 52.2 Å². The Morgan fingerprint density at radius 1 is 0.975 bits per heavy atom. The highest BCUT2D eigenvalue weighted by Crippen LogP contribution is 2.55. The number of thioether (sulfide) groups is 1. The summed E-state index contributed by atoms with van der Waals surface area (Å²) in [6, 6.07) is 13.8. The van der Waals surface area contributed by atoms with E-state index in [9.17, 15) is 14.4 Å². The Balaban J connectivity index is 1.05. The van der Waals surface area contributed by atoms with Gasteiger partial charge < -0.3 is 5.32 Å². The van der Waals surface area contributed by atoms with Crippen molar-refractivity contribution in [2.75, 3.05) is 0 Å². The lowest BCUT2D eigenvalue weighted by Crippen LogP contribution is -2.58. The number of aryl methyl sites for hydroxylation is 1. The van der Waals surface area contributed by atoms with E-state index < -0.39 is 11.9 Å². The van der Waals surface area contributed by atoms with Crippen LogP contribution in [0.4, 0.5) is 0 Å². The fraction of sp³-hybridized carbons (Fsp3) is 0.500. The van der Waals surface area contributed by atoms with Crippen molar-refractivity contribution in [3.63, 3.8) is 0 Å². The maximum atomic E-state index is 13.7. The molecule has 0 spiro atoms. The third-order valence-corrected chi connectivity index (χ3v) is 10.8. The van der Waals surface area contributed by atoms with Crippen LogP contribution in [0.1, 0.15) is 74.4 Å². The van der Waals surface area contributed by atoms with E-state index in [2.05, 4.69) is 39.9 Å². The SMILES string of the molecule is Cc1nc2cccc(SCc3ccc(CNC45CC6CC(CC(C6)C4)C5)cc3)c2c(=O)n1C1CCC(=O)NC1=O. The van der Waals surface area contributed by atoms with E-state index in [0.29, 0.717) is 28.7 Å². The van der Waals surface area contributed by atoms with Gasteiger partial charge in [-0.15, -0.1) is 11.8 Å². The molecule has 2 N–H and O–H groups in total. The monoisotopic (exact) mass is 556 g/mol. The molecule has 1 atom stereocenters. The molecule has 8 heteroatoms. The molecule has 2 heterocycles. The molecule has 208 valence electrons. The number of rotatable bonds is 7. The molecular formula is C32H36N4O3S. The van der Waals surface area contributed by atoms with Crippen molar-refractivity contribution in [2.45, 2.75) is 87.1 Å². The molecular weight excluding hydrogens is 520 g/mol. The van der Waals surface area contributed by atoms with E-state index in [1.165, 1.54) is 54.2 Å². The van der Waals surface area contributed by atoms with Gasteiger partial charge in [-0.2, -0.15) is 0 Å². The zero-order valence-corrected chi connectivity index (χ0v) is 23.8. The Morgan fingerprint density at radius 2 is 1.65 bits per heavy atom. The molecule has 2 aromatic carbocycles. The molecule has 1 aromatic heterocycles. The summed E-state index contributed by atoms with van der Waals surface area (Å²) in [5, 5.41) is 6.88. The molecule has 5 aliphatic rings. The van der Waals surface area contributed by atoms with E-state index >= 15 is 0 Å². The number of benzene rings is 2. The zero-order valence-electron chi connectivity index (χ0n) is 22.9. The van der Waals surface area contributed by atoms with Gasteiger partial charge in [-0.05, 0) is 92.9 Å². The van der Waals surface area contributed by atoms with E-state index in [0.717, 1.165) is 34.9 Å². The molecule has 0 radical (unpaired) electrons. The van der Waals surface area contributed by atoms with Crippen molar-refractivity contribution in [3.05, 3.63) is 69.8 Å². The average Bonchev–Trinajstić information content (AvgIpc) is 2.91. The van der Waals surface area contributed by atoms with Crippen LogP contribution in [-0.2, 0) is 21.9 Å². The number of carbonyl (C=O) groups is 2. The number of hydrogen-bond acceptors (Lipinski definition) is 6. The fourth-order valence-corrected chi connectivity index (χ4v) is 9.30. The van der Waals surface area contributed by atoms with Crippen LogP contribution in [-0.4, -0.2) is 26.9 Å². The highest BCUT2D eigenvalue weighted by atomic mass is 32.2. The van der Waals surface area contributed by atoms with Crippen LogP contribution >= 0.6 is 11.8 Å². The predicted molar refractivity (Wildman–Crippen MR) is 156 cm³/mol. The number of piperidine rings is 1. The molecule has 4 saturated carbocycles. The van der Waals surface area contributed by atoms with Crippen LogP contribution < -0.4 is 16.2 Å². The number of aromatic nitrogens is 2. The number of fused-ring (bicyclic) bond motifs is 1. The van der Waals surface area contributed by atoms with Gasteiger partial charge in [-0.1, -0.05) is 30.3 Å². The fourth-order valence-electron chi connectivity index (χ4n) is 8.27. The van der Waals surface area contributed by atoms with Crippen molar-refractivity contribution < 1.29 is 9.59 Å². The molecule has 5 fully saturated rings. The first kappa shape index (κ1) is 26.0. The molecule has 1 unspecified atom stereocenters. The lowest BCUT2D eigenvalue weighted by Gasteiger charge is -2.57. The molecule has 4 bridgehead atoms. The molecule has 7 nitrogen and oxygen atoms in total. The van der Waals surface area contributed by atoms with Gasteiger partial charge in [0.05, 0.1) is 10.9 Å². The van der Waals surface area contributed by atoms with Crippen molar-refractivity contribution in [2.24, 2.45) is 17.8 Å². The Labute approximate surface area is 238 Å². The first-order valence-corrected chi connectivity index (χ1v) is 15.7. The normalized spacial score (nSPS) is 29.2. The van der Waals surface area contributed by atoms with Crippen LogP contribution in [0.2, 0.25) is 0 Å². The smallest absolute Gasteiger partial charge is 0.263 e. The standard InChI is InChI=1S/C32H36N4O3S/c1-19-34-25-3-2-4-27(29(25)31(39)36(19)26-9-10-28(37)35-30(26)38)40-18-21-7-5-20(6-8-21)17-33-32-14-22-11-23(15-32)13-24(12-22)16-32/h2-8,22-24,26,33H,9-18H2,1H3,(H,35,37,38). The van der Waals surface area contributed by atoms with Gasteiger partial charge in [0.1, 0.15) is 11.9 Å². The van der Waals surface area contributed by atoms with E-state index in [1.807, 2.05) is 18.2 Å². The summed E-state index contributed by atoms with van der Waals surface area (Å²) in [6.07, 6.45) is 8.98. The molecule has 4 aliphatic carbocycles. The van der Waals surface area contributed by atoms with Crippen molar-refractivity contribution in [1.82, 2.24) is 20.2 Å². The predicted octanol–water partition coefficient (Wildman–Crippen LogP) is 5.03. The molecule has 8 rings (SSSR count). The lowest BCUT2D eigenvalue weighted by atomic mass is 9.53. The molecule has 40 heavy (non-hydrogen) atoms. The maximum Gasteiger partial charge on any atom is 0.263 e. The van der Waals surface area contributed by atoms with E-state index in [-0.39, 0.29) is 17.9 Å². The average molecular weight is 557 g/mol. The summed E-state index contributed by atoms with van der Waals surface area (Å²) >= 11 is 1.61. The van der Waals surface area contributed by atoms with Gasteiger partial charge in [0.15, 0.2) is 0 Å². The van der Waals surface area contributed by atoms with Crippen molar-refractivity contribution in [3.8, 4) is 0 Å². The van der Waals surface area contributed by atoms with Gasteiger partial charge in [0.25, 0.3) is 5.56 Å². The largest absolute Gasteiger partial charge is 0.307 e. The summed E-state index contributed by atoms with van der Waals surface area (Å²) in [5.74, 6) is 3.30. The number of hydrogen-bond donors (Lipinski definition) is 2. The Bertz CT molecular complexity index is 1510. The Kier molecular flexibility index (Phi) is 6.58. The molecule has 2 amide bonds. The zero-order chi connectivity index (χ0) is 27.4. The Hall–Kier alpha value is -2.97. The summed E-state index contributed by atoms with van der Waals surface area (Å²) < 4.78 is 1.46. The van der Waals surface area contributed by atoms with Crippen LogP contribution in [0, 0.1) is 24.7 Å². The highest BCUT2D eigenvalue weighted by Gasteiger charge is 2.50. The molecule has 1 saturated heterocycles. The van der Waals surface area contributed by atoms with Gasteiger partial charge in [0, 0.05) is 29.2 Å². The third-order valence-electron chi connectivity index (χ3n) is 9.71. The van der Waals surface area contributed by atoms with Crippen LogP contribution in [0.3, 0.4) is 0 Å². The number of imide groups is 1. The second-order valence-corrected chi connectivity index (χ2v) is 13.6. The minimum absolute atomic E-state index is 0.213. The van der Waals surface area contributed by atoms with Gasteiger partial charge in [-0.3, -0.25) is 24.3 Å². The molecule has 1 aliphatic heterocycles. The third kappa shape index (κ3) is 4.79. The number of carbonyl (C=O) groups excluding carboxylic acids is 2. The summed E-state index contributed by atoms with van der Waals surface area (Å²) in [4.78, 5) is 43.4. The number of nitrogens with one attached hydrogen (secondary N) is 2. The van der Waals surface area contributed by atoms with Gasteiger partial charge in [-0.25, -0.2) is 4.98 Å². The van der Waals surface area contributed by atoms with Gasteiger partial charge >= 0.3 is 0 Å². The summed E-state index contributed by atoms with van der Waals surface area (Å²) in [7, 11) is 0. The minimum atomic E-state index is -0.722. The number of nitrogens with zero attached hydrogens (tertiary/aromatic N) is 2. The first-order valence-electron chi connectivity index (χ1n) is 14.7. The second kappa shape index (κ2) is 10.1. The minimum Gasteiger partial charge on any atom is -0.307 e.